The molecule has 8 nitrogen and oxygen atoms in total. The van der Waals surface area contributed by atoms with Gasteiger partial charge in [0.2, 0.25) is 5.56 Å². The molecule has 3 aliphatic heterocycles. The lowest BCUT2D eigenvalue weighted by molar-refractivity contribution is 0.122. The lowest BCUT2D eigenvalue weighted by Crippen LogP contribution is -2.38. The van der Waals surface area contributed by atoms with Gasteiger partial charge < -0.3 is 24.7 Å². The van der Waals surface area contributed by atoms with Crippen molar-refractivity contribution in [2.75, 3.05) is 49.6 Å². The molecule has 0 bridgehead atoms. The maximum absolute atomic E-state index is 12.6. The summed E-state index contributed by atoms with van der Waals surface area (Å²) in [7, 11) is 0. The third-order valence-corrected chi connectivity index (χ3v) is 8.56. The number of rotatable bonds is 6. The fraction of sp³-hybridized carbons (Fsp3) is 0.353. The average Bonchev–Trinajstić information content (AvgIpc) is 3.01. The fourth-order valence-corrected chi connectivity index (χ4v) is 6.34. The Morgan fingerprint density at radius 1 is 0.976 bits per heavy atom. The van der Waals surface area contributed by atoms with E-state index in [9.17, 15) is 4.79 Å². The number of anilines is 2. The van der Waals surface area contributed by atoms with E-state index < -0.39 is 0 Å². The normalized spacial score (nSPS) is 17.3. The van der Waals surface area contributed by atoms with Crippen LogP contribution in [0.3, 0.4) is 0 Å². The van der Waals surface area contributed by atoms with Crippen LogP contribution < -0.4 is 20.5 Å². The molecular formula is C34H37N5O3. The Labute approximate surface area is 246 Å². The molecule has 0 spiro atoms. The smallest absolute Gasteiger partial charge is 0.250 e. The number of H-pyrrole nitrogens is 1. The number of aromatic nitrogens is 2. The molecule has 2 aromatic carbocycles. The summed E-state index contributed by atoms with van der Waals surface area (Å²) in [4.78, 5) is 24.9. The Hall–Kier alpha value is -4.14. The molecule has 0 unspecified atom stereocenters. The van der Waals surface area contributed by atoms with E-state index in [-0.39, 0.29) is 5.56 Å². The highest BCUT2D eigenvalue weighted by Gasteiger charge is 2.24. The third kappa shape index (κ3) is 5.78. The van der Waals surface area contributed by atoms with Crippen molar-refractivity contribution in [1.29, 1.82) is 0 Å². The number of benzene rings is 2. The molecular weight excluding hydrogens is 526 g/mol. The molecule has 5 heterocycles. The summed E-state index contributed by atoms with van der Waals surface area (Å²) in [5, 5.41) is 3.78. The number of nitrogens with one attached hydrogen (secondary N) is 2. The molecule has 2 saturated heterocycles. The molecule has 0 radical (unpaired) electrons. The molecule has 2 aromatic heterocycles. The SMILES string of the molecule is Cc1ccnc(CN2CCC(Nc3ccc4c(c3)Cc3cccc(-c5cc(N6CCOCC6)cc(=O)[nH]5)c3O4)CC2)c1. The number of aryl methyl sites for hydroxylation is 1. The average molecular weight is 564 g/mol. The number of hydrogen-bond acceptors (Lipinski definition) is 7. The molecule has 42 heavy (non-hydrogen) atoms. The molecule has 3 aliphatic rings. The minimum atomic E-state index is -0.115. The van der Waals surface area contributed by atoms with Crippen molar-refractivity contribution < 1.29 is 9.47 Å². The summed E-state index contributed by atoms with van der Waals surface area (Å²) in [6.07, 6.45) is 4.90. The van der Waals surface area contributed by atoms with E-state index in [0.717, 1.165) is 97.4 Å². The molecule has 0 atom stereocenters. The van der Waals surface area contributed by atoms with Crippen LogP contribution in [0.4, 0.5) is 11.4 Å². The topological polar surface area (TPSA) is 82.7 Å². The van der Waals surface area contributed by atoms with Gasteiger partial charge in [0.05, 0.1) is 24.6 Å². The lowest BCUT2D eigenvalue weighted by Gasteiger charge is -2.33. The molecule has 0 aliphatic carbocycles. The van der Waals surface area contributed by atoms with Gasteiger partial charge in [0.1, 0.15) is 11.5 Å². The Morgan fingerprint density at radius 3 is 2.67 bits per heavy atom. The second kappa shape index (κ2) is 11.6. The maximum Gasteiger partial charge on any atom is 0.250 e. The van der Waals surface area contributed by atoms with Crippen LogP contribution in [0.1, 0.15) is 35.2 Å². The number of ether oxygens (including phenoxy) is 2. The van der Waals surface area contributed by atoms with Crippen molar-refractivity contribution in [3.8, 4) is 22.8 Å². The first kappa shape index (κ1) is 26.7. The highest BCUT2D eigenvalue weighted by molar-refractivity contribution is 5.74. The molecule has 0 amide bonds. The summed E-state index contributed by atoms with van der Waals surface area (Å²) >= 11 is 0. The highest BCUT2D eigenvalue weighted by Crippen LogP contribution is 2.43. The number of morpholine rings is 1. The summed E-state index contributed by atoms with van der Waals surface area (Å²) < 4.78 is 12.0. The van der Waals surface area contributed by atoms with Crippen molar-refractivity contribution in [3.05, 3.63) is 99.6 Å². The minimum Gasteiger partial charge on any atom is -0.456 e. The van der Waals surface area contributed by atoms with Crippen molar-refractivity contribution >= 4 is 11.4 Å². The van der Waals surface area contributed by atoms with Gasteiger partial charge in [0.25, 0.3) is 0 Å². The number of piperidine rings is 1. The van der Waals surface area contributed by atoms with Gasteiger partial charge >= 0.3 is 0 Å². The largest absolute Gasteiger partial charge is 0.456 e. The van der Waals surface area contributed by atoms with Crippen molar-refractivity contribution in [2.24, 2.45) is 0 Å². The molecule has 216 valence electrons. The Bertz CT molecular complexity index is 1640. The van der Waals surface area contributed by atoms with Crippen LogP contribution >= 0.6 is 0 Å². The number of hydrogen-bond donors (Lipinski definition) is 2. The first-order chi connectivity index (χ1) is 20.6. The Morgan fingerprint density at radius 2 is 1.83 bits per heavy atom. The third-order valence-electron chi connectivity index (χ3n) is 8.56. The van der Waals surface area contributed by atoms with Crippen molar-refractivity contribution in [3.63, 3.8) is 0 Å². The summed E-state index contributed by atoms with van der Waals surface area (Å²) in [6, 6.07) is 21.0. The van der Waals surface area contributed by atoms with E-state index in [1.54, 1.807) is 6.07 Å². The number of aromatic amines is 1. The summed E-state index contributed by atoms with van der Waals surface area (Å²) in [5.41, 5.74) is 8.31. The van der Waals surface area contributed by atoms with Crippen molar-refractivity contribution in [1.82, 2.24) is 14.9 Å². The van der Waals surface area contributed by atoms with Gasteiger partial charge in [-0.05, 0) is 73.4 Å². The van der Waals surface area contributed by atoms with Crippen LogP contribution in [0.15, 0.2) is 71.7 Å². The van der Waals surface area contributed by atoms with E-state index in [2.05, 4.69) is 68.4 Å². The lowest BCUT2D eigenvalue weighted by atomic mass is 9.95. The monoisotopic (exact) mass is 563 g/mol. The Balaban J connectivity index is 1.04. The van der Waals surface area contributed by atoms with E-state index >= 15 is 0 Å². The first-order valence-electron chi connectivity index (χ1n) is 15.0. The zero-order chi connectivity index (χ0) is 28.5. The van der Waals surface area contributed by atoms with Gasteiger partial charge in [-0.1, -0.05) is 12.1 Å². The summed E-state index contributed by atoms with van der Waals surface area (Å²) in [6.45, 7) is 8.06. The number of pyridine rings is 2. The van der Waals surface area contributed by atoms with Crippen LogP contribution in [0.2, 0.25) is 0 Å². The zero-order valence-electron chi connectivity index (χ0n) is 24.1. The van der Waals surface area contributed by atoms with Crippen LogP contribution in [0.25, 0.3) is 11.3 Å². The molecule has 2 N–H and O–H groups in total. The Kier molecular flexibility index (Phi) is 7.40. The minimum absolute atomic E-state index is 0.115. The van der Waals surface area contributed by atoms with Gasteiger partial charge in [-0.15, -0.1) is 0 Å². The molecule has 2 fully saturated rings. The van der Waals surface area contributed by atoms with Gasteiger partial charge in [0.15, 0.2) is 0 Å². The quantitative estimate of drug-likeness (QED) is 0.288. The fourth-order valence-electron chi connectivity index (χ4n) is 6.34. The summed E-state index contributed by atoms with van der Waals surface area (Å²) in [5.74, 6) is 1.68. The number of nitrogens with zero attached hydrogens (tertiary/aromatic N) is 3. The predicted octanol–water partition coefficient (Wildman–Crippen LogP) is 5.35. The molecule has 0 saturated carbocycles. The van der Waals surface area contributed by atoms with Gasteiger partial charge in [-0.2, -0.15) is 0 Å². The van der Waals surface area contributed by atoms with E-state index in [1.165, 1.54) is 11.1 Å². The van der Waals surface area contributed by atoms with E-state index in [0.29, 0.717) is 19.3 Å². The number of para-hydroxylation sites is 1. The van der Waals surface area contributed by atoms with Gasteiger partial charge in [0, 0.05) is 80.0 Å². The van der Waals surface area contributed by atoms with Crippen molar-refractivity contribution in [2.45, 2.75) is 38.8 Å². The van der Waals surface area contributed by atoms with Gasteiger partial charge in [-0.25, -0.2) is 0 Å². The van der Waals surface area contributed by atoms with E-state index in [1.807, 2.05) is 24.4 Å². The van der Waals surface area contributed by atoms with E-state index in [4.69, 9.17) is 9.47 Å². The first-order valence-corrected chi connectivity index (χ1v) is 15.0. The number of fused-ring (bicyclic) bond motifs is 2. The second-order valence-corrected chi connectivity index (χ2v) is 11.6. The molecule has 7 rings (SSSR count). The predicted molar refractivity (Wildman–Crippen MR) is 166 cm³/mol. The van der Waals surface area contributed by atoms with Crippen LogP contribution in [-0.2, 0) is 17.7 Å². The second-order valence-electron chi connectivity index (χ2n) is 11.6. The highest BCUT2D eigenvalue weighted by atomic mass is 16.5. The number of likely N-dealkylation sites (tertiary alicyclic amines) is 1. The molecule has 4 aromatic rings. The van der Waals surface area contributed by atoms with Gasteiger partial charge in [-0.3, -0.25) is 14.7 Å². The zero-order valence-corrected chi connectivity index (χ0v) is 24.1. The standard InChI is InChI=1S/C34H37N5O3/c1-23-7-10-35-28(17-23)22-38-11-8-26(9-12-38)36-27-5-6-32-25(19-27)18-24-3-2-4-30(34(24)42-32)31-20-29(21-33(40)37-31)39-13-15-41-16-14-39/h2-7,10,17,19-21,26,36H,8-9,11-16,18,22H2,1H3,(H,37,40). The van der Waals surface area contributed by atoms with Crippen LogP contribution in [0.5, 0.6) is 11.5 Å². The maximum atomic E-state index is 12.6. The van der Waals surface area contributed by atoms with Crippen LogP contribution in [0, 0.1) is 6.92 Å². The molecule has 8 heteroatoms. The van der Waals surface area contributed by atoms with Crippen LogP contribution in [-0.4, -0.2) is 60.3 Å².